The van der Waals surface area contributed by atoms with Crippen molar-refractivity contribution in [1.82, 2.24) is 5.32 Å². The van der Waals surface area contributed by atoms with Crippen molar-refractivity contribution >= 4 is 0 Å². The summed E-state index contributed by atoms with van der Waals surface area (Å²) in [6.45, 7) is 1.10. The minimum atomic E-state index is 0.442. The number of methoxy groups -OCH3 is 2. The predicted octanol–water partition coefficient (Wildman–Crippen LogP) is 2.52. The molecule has 1 atom stereocenters. The summed E-state index contributed by atoms with van der Waals surface area (Å²) in [6, 6.07) is 6.53. The molecule has 0 amide bonds. The van der Waals surface area contributed by atoms with E-state index < -0.39 is 0 Å². The van der Waals surface area contributed by atoms with Crippen LogP contribution in [0.5, 0.6) is 11.5 Å². The highest BCUT2D eigenvalue weighted by Gasteiger charge is 2.16. The van der Waals surface area contributed by atoms with Crippen molar-refractivity contribution in [2.45, 2.75) is 25.3 Å². The normalized spacial score (nSPS) is 20.5. The van der Waals surface area contributed by atoms with Crippen molar-refractivity contribution in [3.8, 4) is 11.5 Å². The zero-order valence-electron chi connectivity index (χ0n) is 9.95. The van der Waals surface area contributed by atoms with Crippen molar-refractivity contribution in [2.24, 2.45) is 0 Å². The fourth-order valence-electron chi connectivity index (χ4n) is 2.17. The van der Waals surface area contributed by atoms with Gasteiger partial charge >= 0.3 is 0 Å². The second kappa shape index (κ2) is 5.21. The van der Waals surface area contributed by atoms with Gasteiger partial charge in [-0.1, -0.05) is 6.42 Å². The maximum atomic E-state index is 5.28. The van der Waals surface area contributed by atoms with Crippen molar-refractivity contribution < 1.29 is 9.47 Å². The maximum Gasteiger partial charge on any atom is 0.122 e. The van der Waals surface area contributed by atoms with Crippen molar-refractivity contribution in [3.05, 3.63) is 23.8 Å². The summed E-state index contributed by atoms with van der Waals surface area (Å²) < 4.78 is 10.6. The third kappa shape index (κ3) is 2.47. The molecule has 1 fully saturated rings. The first-order valence-corrected chi connectivity index (χ1v) is 5.80. The summed E-state index contributed by atoms with van der Waals surface area (Å²) in [5.74, 6) is 1.73. The van der Waals surface area contributed by atoms with Crippen LogP contribution < -0.4 is 14.8 Å². The van der Waals surface area contributed by atoms with Crippen LogP contribution in [0, 0.1) is 0 Å². The first-order valence-electron chi connectivity index (χ1n) is 5.80. The van der Waals surface area contributed by atoms with Crippen LogP contribution in [0.4, 0.5) is 0 Å². The molecule has 0 saturated carbocycles. The monoisotopic (exact) mass is 221 g/mol. The highest BCUT2D eigenvalue weighted by Crippen LogP contribution is 2.30. The number of nitrogens with one attached hydrogen (secondary N) is 1. The molecule has 1 aliphatic rings. The Morgan fingerprint density at radius 3 is 2.25 bits per heavy atom. The molecule has 0 aromatic heterocycles. The third-order valence-electron chi connectivity index (χ3n) is 3.09. The molecular formula is C13H19NO2. The molecule has 88 valence electrons. The molecule has 0 radical (unpaired) electrons. The number of rotatable bonds is 3. The lowest BCUT2D eigenvalue weighted by molar-refractivity contribution is 0.383. The Morgan fingerprint density at radius 2 is 1.75 bits per heavy atom. The number of ether oxygens (including phenoxy) is 2. The number of benzene rings is 1. The van der Waals surface area contributed by atoms with E-state index in [-0.39, 0.29) is 0 Å². The van der Waals surface area contributed by atoms with E-state index in [1.54, 1.807) is 14.2 Å². The van der Waals surface area contributed by atoms with Crippen molar-refractivity contribution in [3.63, 3.8) is 0 Å². The molecule has 3 heteroatoms. The smallest absolute Gasteiger partial charge is 0.122 e. The van der Waals surface area contributed by atoms with E-state index in [0.717, 1.165) is 18.0 Å². The van der Waals surface area contributed by atoms with Crippen molar-refractivity contribution in [1.29, 1.82) is 0 Å². The van der Waals surface area contributed by atoms with Crippen LogP contribution in [0.25, 0.3) is 0 Å². The van der Waals surface area contributed by atoms with Gasteiger partial charge in [0.25, 0.3) is 0 Å². The Labute approximate surface area is 96.8 Å². The summed E-state index contributed by atoms with van der Waals surface area (Å²) >= 11 is 0. The van der Waals surface area contributed by atoms with Gasteiger partial charge in [-0.05, 0) is 37.1 Å². The van der Waals surface area contributed by atoms with Crippen LogP contribution >= 0.6 is 0 Å². The molecule has 1 aliphatic heterocycles. The molecule has 0 bridgehead atoms. The first-order chi connectivity index (χ1) is 7.83. The van der Waals surface area contributed by atoms with Crippen LogP contribution in [0.3, 0.4) is 0 Å². The fraction of sp³-hybridized carbons (Fsp3) is 0.538. The van der Waals surface area contributed by atoms with Gasteiger partial charge in [-0.2, -0.15) is 0 Å². The number of piperidine rings is 1. The predicted molar refractivity (Wildman–Crippen MR) is 64.1 cm³/mol. The minimum absolute atomic E-state index is 0.442. The molecule has 3 nitrogen and oxygen atoms in total. The van der Waals surface area contributed by atoms with E-state index in [0.29, 0.717) is 6.04 Å². The lowest BCUT2D eigenvalue weighted by atomic mass is 9.97. The van der Waals surface area contributed by atoms with Gasteiger partial charge in [0.05, 0.1) is 14.2 Å². The zero-order chi connectivity index (χ0) is 11.4. The first kappa shape index (κ1) is 11.3. The highest BCUT2D eigenvalue weighted by molar-refractivity contribution is 5.39. The van der Waals surface area contributed by atoms with Gasteiger partial charge in [0.15, 0.2) is 0 Å². The molecule has 0 spiro atoms. The van der Waals surface area contributed by atoms with E-state index in [4.69, 9.17) is 9.47 Å². The molecule has 2 rings (SSSR count). The van der Waals surface area contributed by atoms with Crippen LogP contribution in [0.1, 0.15) is 30.9 Å². The van der Waals surface area contributed by atoms with E-state index in [1.165, 1.54) is 24.8 Å². The van der Waals surface area contributed by atoms with E-state index in [2.05, 4.69) is 17.4 Å². The van der Waals surface area contributed by atoms with Gasteiger partial charge in [-0.25, -0.2) is 0 Å². The highest BCUT2D eigenvalue weighted by atomic mass is 16.5. The lowest BCUT2D eigenvalue weighted by Gasteiger charge is -2.24. The Kier molecular flexibility index (Phi) is 3.67. The quantitative estimate of drug-likeness (QED) is 0.850. The number of hydrogen-bond acceptors (Lipinski definition) is 3. The van der Waals surface area contributed by atoms with Gasteiger partial charge in [0.2, 0.25) is 0 Å². The Hall–Kier alpha value is -1.22. The molecule has 1 aromatic carbocycles. The molecule has 0 aliphatic carbocycles. The van der Waals surface area contributed by atoms with Crippen LogP contribution in [0.15, 0.2) is 18.2 Å². The number of hydrogen-bond donors (Lipinski definition) is 1. The van der Waals surface area contributed by atoms with Gasteiger partial charge in [-0.15, -0.1) is 0 Å². The van der Waals surface area contributed by atoms with Crippen LogP contribution in [-0.2, 0) is 0 Å². The zero-order valence-corrected chi connectivity index (χ0v) is 9.95. The minimum Gasteiger partial charge on any atom is -0.497 e. The topological polar surface area (TPSA) is 30.5 Å². The summed E-state index contributed by atoms with van der Waals surface area (Å²) in [5, 5.41) is 3.53. The molecule has 1 saturated heterocycles. The van der Waals surface area contributed by atoms with Crippen LogP contribution in [-0.4, -0.2) is 20.8 Å². The molecule has 1 heterocycles. The average molecular weight is 221 g/mol. The Morgan fingerprint density at radius 1 is 1.06 bits per heavy atom. The van der Waals surface area contributed by atoms with E-state index in [1.807, 2.05) is 6.07 Å². The molecule has 1 N–H and O–H groups in total. The molecule has 16 heavy (non-hydrogen) atoms. The van der Waals surface area contributed by atoms with E-state index in [9.17, 15) is 0 Å². The summed E-state index contributed by atoms with van der Waals surface area (Å²) in [4.78, 5) is 0. The largest absolute Gasteiger partial charge is 0.497 e. The molecule has 0 unspecified atom stereocenters. The Bertz CT molecular complexity index is 324. The van der Waals surface area contributed by atoms with Gasteiger partial charge < -0.3 is 14.8 Å². The van der Waals surface area contributed by atoms with Gasteiger partial charge in [-0.3, -0.25) is 0 Å². The standard InChI is InChI=1S/C13H19NO2/c1-15-11-7-10(8-12(9-11)16-2)13-5-3-4-6-14-13/h7-9,13-14H,3-6H2,1-2H3/t13-/m0/s1. The summed E-state index contributed by atoms with van der Waals surface area (Å²) in [5.41, 5.74) is 1.26. The SMILES string of the molecule is COc1cc(OC)cc([C@@H]2CCCCN2)c1. The lowest BCUT2D eigenvalue weighted by Crippen LogP contribution is -2.26. The second-order valence-electron chi connectivity index (χ2n) is 4.15. The van der Waals surface area contributed by atoms with Crippen molar-refractivity contribution in [2.75, 3.05) is 20.8 Å². The fourth-order valence-corrected chi connectivity index (χ4v) is 2.17. The Balaban J connectivity index is 2.24. The second-order valence-corrected chi connectivity index (χ2v) is 4.15. The summed E-state index contributed by atoms with van der Waals surface area (Å²) in [6.07, 6.45) is 3.76. The van der Waals surface area contributed by atoms with Gasteiger partial charge in [0, 0.05) is 12.1 Å². The molecule has 1 aromatic rings. The van der Waals surface area contributed by atoms with E-state index >= 15 is 0 Å². The van der Waals surface area contributed by atoms with Gasteiger partial charge in [0.1, 0.15) is 11.5 Å². The maximum absolute atomic E-state index is 5.28. The molecular weight excluding hydrogens is 202 g/mol. The third-order valence-corrected chi connectivity index (χ3v) is 3.09. The summed E-state index contributed by atoms with van der Waals surface area (Å²) in [7, 11) is 3.37. The average Bonchev–Trinajstić information content (AvgIpc) is 2.39. The van der Waals surface area contributed by atoms with Crippen LogP contribution in [0.2, 0.25) is 0 Å².